The highest BCUT2D eigenvalue weighted by Crippen LogP contribution is 2.10. The van der Waals surface area contributed by atoms with E-state index in [4.69, 9.17) is 7.85 Å². The summed E-state index contributed by atoms with van der Waals surface area (Å²) in [4.78, 5) is 10.3. The van der Waals surface area contributed by atoms with Crippen LogP contribution in [0.25, 0.3) is 0 Å². The first-order valence-corrected chi connectivity index (χ1v) is 3.55. The maximum absolute atomic E-state index is 10.3. The quantitative estimate of drug-likeness (QED) is 0.646. The van der Waals surface area contributed by atoms with Crippen LogP contribution in [0.3, 0.4) is 0 Å². The average Bonchev–Trinajstić information content (AvgIpc) is 2.00. The largest absolute Gasteiger partial charge is 0.481 e. The van der Waals surface area contributed by atoms with Crippen molar-refractivity contribution in [1.82, 2.24) is 0 Å². The fraction of sp³-hybridized carbons (Fsp3) is 0.875. The lowest BCUT2D eigenvalue weighted by atomic mass is 10.0. The number of hydrogen-bond acceptors (Lipinski definition) is 1. The normalized spacial score (nSPS) is 18.9. The number of aliphatic carboxylic acids is 1. The molecule has 0 aromatic rings. The van der Waals surface area contributed by atoms with Crippen LogP contribution in [0, 0.1) is 5.89 Å². The second kappa shape index (κ2) is 5.27. The van der Waals surface area contributed by atoms with Crippen LogP contribution in [0.2, 0.25) is 0 Å². The molecule has 60 valence electrons. The van der Waals surface area contributed by atoms with Gasteiger partial charge in [-0.05, 0) is 5.89 Å². The van der Waals surface area contributed by atoms with Crippen molar-refractivity contribution in [2.45, 2.75) is 39.5 Å². The second-order valence-electron chi connectivity index (χ2n) is 2.42. The van der Waals surface area contributed by atoms with Crippen LogP contribution in [0.4, 0.5) is 0 Å². The molecule has 0 heterocycles. The van der Waals surface area contributed by atoms with Crippen LogP contribution in [0.5, 0.6) is 0 Å². The van der Waals surface area contributed by atoms with E-state index < -0.39 is 11.9 Å². The van der Waals surface area contributed by atoms with Crippen molar-refractivity contribution in [3.8, 4) is 0 Å². The molecule has 1 unspecified atom stereocenters. The summed E-state index contributed by atoms with van der Waals surface area (Å²) in [5, 5.41) is 8.48. The first-order valence-electron chi connectivity index (χ1n) is 4.76. The first kappa shape index (κ1) is 6.20. The van der Waals surface area contributed by atoms with Crippen LogP contribution >= 0.6 is 0 Å². The van der Waals surface area contributed by atoms with E-state index >= 15 is 0 Å². The smallest absolute Gasteiger partial charge is 0.303 e. The van der Waals surface area contributed by atoms with Crippen molar-refractivity contribution in [3.05, 3.63) is 0 Å². The number of hydrogen-bond donors (Lipinski definition) is 1. The molecule has 0 amide bonds. The summed E-state index contributed by atoms with van der Waals surface area (Å²) < 4.78 is 14.7. The average molecular weight is 146 g/mol. The maximum Gasteiger partial charge on any atom is 0.303 e. The highest BCUT2D eigenvalue weighted by molar-refractivity contribution is 5.66. The molecule has 0 radical (unpaired) electrons. The molecule has 0 saturated carbocycles. The summed E-state index contributed by atoms with van der Waals surface area (Å²) in [6.45, 7) is 1.87. The molecule has 0 fully saturated rings. The topological polar surface area (TPSA) is 37.3 Å². The van der Waals surface area contributed by atoms with Crippen molar-refractivity contribution in [3.63, 3.8) is 0 Å². The maximum atomic E-state index is 10.3. The zero-order valence-electron chi connectivity index (χ0n) is 8.39. The van der Waals surface area contributed by atoms with Crippen molar-refractivity contribution >= 4 is 5.97 Å². The molecule has 0 rings (SSSR count). The molecule has 1 atom stereocenters. The zero-order valence-corrected chi connectivity index (χ0v) is 6.39. The van der Waals surface area contributed by atoms with Crippen LogP contribution in [0.15, 0.2) is 0 Å². The van der Waals surface area contributed by atoms with E-state index in [1.807, 2.05) is 6.92 Å². The Morgan fingerprint density at radius 2 is 2.60 bits per heavy atom. The minimum absolute atomic E-state index is 0.126. The monoisotopic (exact) mass is 146 g/mol. The lowest BCUT2D eigenvalue weighted by Gasteiger charge is -2.05. The van der Waals surface area contributed by atoms with Crippen LogP contribution < -0.4 is 0 Å². The molecule has 1 N–H and O–H groups in total. The summed E-state index contributed by atoms with van der Waals surface area (Å²) in [6, 6.07) is 0. The molecule has 2 nitrogen and oxygen atoms in total. The van der Waals surface area contributed by atoms with E-state index in [-0.39, 0.29) is 13.3 Å². The molecule has 0 aliphatic carbocycles. The molecule has 0 aromatic heterocycles. The Morgan fingerprint density at radius 1 is 1.90 bits per heavy atom. The first-order chi connectivity index (χ1) is 5.54. The van der Waals surface area contributed by atoms with Gasteiger partial charge in [-0.1, -0.05) is 33.1 Å². The molecule has 0 saturated heterocycles. The number of unbranched alkanes of at least 4 members (excludes halogenated alkanes) is 1. The van der Waals surface area contributed by atoms with Crippen LogP contribution in [0.1, 0.15) is 42.2 Å². The Labute approximate surface area is 65.1 Å². The summed E-state index contributed by atoms with van der Waals surface area (Å²) in [7, 11) is 0. The minimum Gasteiger partial charge on any atom is -0.481 e. The third kappa shape index (κ3) is 5.60. The molecular formula is C8H16O2. The zero-order chi connectivity index (χ0) is 9.61. The Balaban J connectivity index is 3.95. The van der Waals surface area contributed by atoms with Gasteiger partial charge in [0.05, 0.1) is 0 Å². The SMILES string of the molecule is [2H]CC([2H])(CCCC)CC(=O)O. The van der Waals surface area contributed by atoms with Gasteiger partial charge < -0.3 is 5.11 Å². The van der Waals surface area contributed by atoms with Crippen molar-refractivity contribution in [2.24, 2.45) is 5.89 Å². The Kier molecular flexibility index (Phi) is 3.27. The number of carboxylic acid groups (broad SMARTS) is 1. The third-order valence-electron chi connectivity index (χ3n) is 1.29. The van der Waals surface area contributed by atoms with Crippen LogP contribution in [-0.2, 0) is 4.79 Å². The van der Waals surface area contributed by atoms with Crippen molar-refractivity contribution < 1.29 is 12.6 Å². The van der Waals surface area contributed by atoms with Gasteiger partial charge >= 0.3 is 5.97 Å². The van der Waals surface area contributed by atoms with E-state index in [9.17, 15) is 4.79 Å². The van der Waals surface area contributed by atoms with Crippen molar-refractivity contribution in [2.75, 3.05) is 0 Å². The van der Waals surface area contributed by atoms with E-state index in [1.165, 1.54) is 0 Å². The van der Waals surface area contributed by atoms with E-state index in [0.29, 0.717) is 6.42 Å². The predicted molar refractivity (Wildman–Crippen MR) is 40.9 cm³/mol. The number of carbonyl (C=O) groups is 1. The molecule has 0 aliphatic rings. The molecule has 0 aliphatic heterocycles. The van der Waals surface area contributed by atoms with Crippen molar-refractivity contribution in [1.29, 1.82) is 0 Å². The number of rotatable bonds is 5. The highest BCUT2D eigenvalue weighted by Gasteiger charge is 2.05. The van der Waals surface area contributed by atoms with Gasteiger partial charge in [-0.3, -0.25) is 4.79 Å². The van der Waals surface area contributed by atoms with Gasteiger partial charge in [0.15, 0.2) is 0 Å². The van der Waals surface area contributed by atoms with Gasteiger partial charge in [0, 0.05) is 9.16 Å². The summed E-state index contributed by atoms with van der Waals surface area (Å²) >= 11 is 0. The summed E-state index contributed by atoms with van der Waals surface area (Å²) in [6.07, 6.45) is 2.08. The highest BCUT2D eigenvalue weighted by atomic mass is 16.4. The summed E-state index contributed by atoms with van der Waals surface area (Å²) in [5.41, 5.74) is 0. The minimum atomic E-state index is -1.07. The van der Waals surface area contributed by atoms with Gasteiger partial charge in [-0.2, -0.15) is 0 Å². The Morgan fingerprint density at radius 3 is 3.00 bits per heavy atom. The van der Waals surface area contributed by atoms with Gasteiger partial charge in [-0.25, -0.2) is 0 Å². The van der Waals surface area contributed by atoms with E-state index in [0.717, 1.165) is 12.8 Å². The lowest BCUT2D eigenvalue weighted by Crippen LogP contribution is -2.03. The summed E-state index contributed by atoms with van der Waals surface area (Å²) in [5.74, 6) is -2.05. The van der Waals surface area contributed by atoms with E-state index in [2.05, 4.69) is 0 Å². The van der Waals surface area contributed by atoms with E-state index in [1.54, 1.807) is 0 Å². The molecule has 2 heteroatoms. The Hall–Kier alpha value is -0.530. The lowest BCUT2D eigenvalue weighted by molar-refractivity contribution is -0.138. The third-order valence-corrected chi connectivity index (χ3v) is 1.29. The molecule has 0 spiro atoms. The van der Waals surface area contributed by atoms with Gasteiger partial charge in [0.1, 0.15) is 0 Å². The molecular weight excluding hydrogens is 128 g/mol. The fourth-order valence-electron chi connectivity index (χ4n) is 0.729. The molecule has 10 heavy (non-hydrogen) atoms. The number of carboxylic acids is 1. The fourth-order valence-corrected chi connectivity index (χ4v) is 0.729. The van der Waals surface area contributed by atoms with Gasteiger partial charge in [0.25, 0.3) is 0 Å². The Bertz CT molecular complexity index is 150. The standard InChI is InChI=1S/C8H16O2/c1-3-4-5-7(2)6-8(9)10/h7H,3-6H2,1-2H3,(H,9,10)/i2D,7D. The second-order valence-corrected chi connectivity index (χ2v) is 2.42. The predicted octanol–water partition coefficient (Wildman–Crippen LogP) is 2.29. The molecule has 0 bridgehead atoms. The van der Waals surface area contributed by atoms with Gasteiger partial charge in [0.2, 0.25) is 0 Å². The van der Waals surface area contributed by atoms with Crippen LogP contribution in [-0.4, -0.2) is 11.1 Å². The van der Waals surface area contributed by atoms with Gasteiger partial charge in [-0.15, -0.1) is 0 Å². The molecule has 0 aromatic carbocycles.